The molecule has 0 aliphatic carbocycles. The molecule has 184 valence electrons. The number of nitrogens with one attached hydrogen (secondary N) is 1. The zero-order valence-corrected chi connectivity index (χ0v) is 21.3. The number of benzene rings is 2. The maximum atomic E-state index is 13.4. The second-order valence-electron chi connectivity index (χ2n) is 7.99. The molecule has 34 heavy (non-hydrogen) atoms. The van der Waals surface area contributed by atoms with Crippen LogP contribution in [0.5, 0.6) is 0 Å². The lowest BCUT2D eigenvalue weighted by molar-refractivity contribution is -0.139. The van der Waals surface area contributed by atoms with Gasteiger partial charge in [0.2, 0.25) is 21.8 Å². The molecule has 0 saturated carbocycles. The summed E-state index contributed by atoms with van der Waals surface area (Å²) >= 11 is 6.09. The van der Waals surface area contributed by atoms with E-state index >= 15 is 0 Å². The molecule has 0 spiro atoms. The van der Waals surface area contributed by atoms with Gasteiger partial charge in [-0.1, -0.05) is 42.8 Å². The molecule has 8 nitrogen and oxygen atoms in total. The highest BCUT2D eigenvalue weighted by molar-refractivity contribution is 7.92. The summed E-state index contributed by atoms with van der Waals surface area (Å²) in [6.07, 6.45) is 1.72. The standard InChI is InChI=1S/C24H30ClN3O5S/c1-5-12-26-24(31)17(2)27(15-19-8-6-10-21(25)13-19)23(30)16-28(34(4,32)33)22-11-7-9-20(14-22)18(3)29/h6-11,13-14,17H,5,12,15-16H2,1-4H3,(H,26,31)/t17-/m0/s1. The van der Waals surface area contributed by atoms with E-state index in [0.717, 1.165) is 17.0 Å². The van der Waals surface area contributed by atoms with Crippen molar-refractivity contribution >= 4 is 44.9 Å². The van der Waals surface area contributed by atoms with E-state index in [1.54, 1.807) is 43.3 Å². The summed E-state index contributed by atoms with van der Waals surface area (Å²) in [5.74, 6) is -1.15. The number of hydrogen-bond acceptors (Lipinski definition) is 5. The number of hydrogen-bond donors (Lipinski definition) is 1. The molecule has 1 N–H and O–H groups in total. The van der Waals surface area contributed by atoms with Crippen LogP contribution in [-0.4, -0.2) is 56.3 Å². The summed E-state index contributed by atoms with van der Waals surface area (Å²) in [5, 5.41) is 3.25. The lowest BCUT2D eigenvalue weighted by atomic mass is 10.1. The number of anilines is 1. The van der Waals surface area contributed by atoms with Gasteiger partial charge in [-0.25, -0.2) is 8.42 Å². The minimum absolute atomic E-state index is 0.0607. The van der Waals surface area contributed by atoms with Gasteiger partial charge >= 0.3 is 0 Å². The fraction of sp³-hybridized carbons (Fsp3) is 0.375. The molecule has 0 saturated heterocycles. The quantitative estimate of drug-likeness (QED) is 0.470. The van der Waals surface area contributed by atoms with Gasteiger partial charge in [0, 0.05) is 23.7 Å². The van der Waals surface area contributed by atoms with Crippen molar-refractivity contribution < 1.29 is 22.8 Å². The summed E-state index contributed by atoms with van der Waals surface area (Å²) in [6.45, 7) is 4.86. The molecule has 0 unspecified atom stereocenters. The van der Waals surface area contributed by atoms with Crippen LogP contribution < -0.4 is 9.62 Å². The van der Waals surface area contributed by atoms with E-state index in [4.69, 9.17) is 11.6 Å². The third-order valence-corrected chi connectivity index (χ3v) is 6.55. The zero-order chi connectivity index (χ0) is 25.5. The number of nitrogens with zero attached hydrogens (tertiary/aromatic N) is 2. The molecule has 2 amide bonds. The van der Waals surface area contributed by atoms with E-state index in [2.05, 4.69) is 5.32 Å². The van der Waals surface area contributed by atoms with E-state index in [-0.39, 0.29) is 23.9 Å². The molecule has 0 heterocycles. The Kier molecular flexibility index (Phi) is 9.64. The number of carbonyl (C=O) groups is 3. The number of Topliss-reactive ketones (excluding diaryl/α,β-unsaturated/α-hetero) is 1. The predicted octanol–water partition coefficient (Wildman–Crippen LogP) is 3.25. The fourth-order valence-electron chi connectivity index (χ4n) is 3.30. The van der Waals surface area contributed by atoms with Gasteiger partial charge < -0.3 is 10.2 Å². The van der Waals surface area contributed by atoms with Crippen LogP contribution in [0.2, 0.25) is 5.02 Å². The minimum Gasteiger partial charge on any atom is -0.354 e. The van der Waals surface area contributed by atoms with Gasteiger partial charge in [0.15, 0.2) is 5.78 Å². The second kappa shape index (κ2) is 12.0. The Morgan fingerprint density at radius 2 is 1.76 bits per heavy atom. The summed E-state index contributed by atoms with van der Waals surface area (Å²) in [4.78, 5) is 39.2. The van der Waals surface area contributed by atoms with Gasteiger partial charge in [0.1, 0.15) is 12.6 Å². The first-order chi connectivity index (χ1) is 15.9. The summed E-state index contributed by atoms with van der Waals surface area (Å²) in [7, 11) is -3.88. The molecular weight excluding hydrogens is 478 g/mol. The highest BCUT2D eigenvalue weighted by Gasteiger charge is 2.30. The van der Waals surface area contributed by atoms with Crippen LogP contribution in [0, 0.1) is 0 Å². The Labute approximate surface area is 205 Å². The van der Waals surface area contributed by atoms with Crippen molar-refractivity contribution in [2.75, 3.05) is 23.7 Å². The monoisotopic (exact) mass is 507 g/mol. The molecule has 2 aromatic carbocycles. The SMILES string of the molecule is CCCNC(=O)[C@H](C)N(Cc1cccc(Cl)c1)C(=O)CN(c1cccc(C(C)=O)c1)S(C)(=O)=O. The van der Waals surface area contributed by atoms with Gasteiger partial charge in [0.05, 0.1) is 11.9 Å². The predicted molar refractivity (Wildman–Crippen MR) is 133 cm³/mol. The van der Waals surface area contributed by atoms with Crippen molar-refractivity contribution in [1.82, 2.24) is 10.2 Å². The van der Waals surface area contributed by atoms with Crippen LogP contribution >= 0.6 is 11.6 Å². The summed E-state index contributed by atoms with van der Waals surface area (Å²) < 4.78 is 26.1. The van der Waals surface area contributed by atoms with Crippen LogP contribution in [0.1, 0.15) is 43.1 Å². The number of carbonyl (C=O) groups excluding carboxylic acids is 3. The molecule has 2 rings (SSSR count). The average molecular weight is 508 g/mol. The lowest BCUT2D eigenvalue weighted by Crippen LogP contribution is -2.51. The average Bonchev–Trinajstić information content (AvgIpc) is 2.78. The Morgan fingerprint density at radius 3 is 2.35 bits per heavy atom. The highest BCUT2D eigenvalue weighted by atomic mass is 35.5. The van der Waals surface area contributed by atoms with Gasteiger partial charge in [-0.2, -0.15) is 0 Å². The van der Waals surface area contributed by atoms with Crippen LogP contribution in [0.3, 0.4) is 0 Å². The fourth-order valence-corrected chi connectivity index (χ4v) is 4.36. The number of ketones is 1. The molecule has 0 bridgehead atoms. The maximum absolute atomic E-state index is 13.4. The van der Waals surface area contributed by atoms with E-state index in [1.807, 2.05) is 6.92 Å². The Morgan fingerprint density at radius 1 is 1.09 bits per heavy atom. The third kappa shape index (κ3) is 7.56. The topological polar surface area (TPSA) is 104 Å². The maximum Gasteiger partial charge on any atom is 0.244 e. The van der Waals surface area contributed by atoms with Crippen molar-refractivity contribution in [3.05, 3.63) is 64.7 Å². The van der Waals surface area contributed by atoms with Crippen LogP contribution in [0.15, 0.2) is 48.5 Å². The molecular formula is C24H30ClN3O5S. The zero-order valence-electron chi connectivity index (χ0n) is 19.7. The summed E-state index contributed by atoms with van der Waals surface area (Å²) in [5.41, 5.74) is 1.21. The van der Waals surface area contributed by atoms with E-state index in [1.165, 1.54) is 24.0 Å². The van der Waals surface area contributed by atoms with Crippen molar-refractivity contribution in [2.45, 2.75) is 39.8 Å². The molecule has 10 heteroatoms. The first kappa shape index (κ1) is 27.3. The smallest absolute Gasteiger partial charge is 0.244 e. The van der Waals surface area contributed by atoms with E-state index in [0.29, 0.717) is 22.7 Å². The number of sulfonamides is 1. The first-order valence-corrected chi connectivity index (χ1v) is 13.1. The normalized spacial score (nSPS) is 12.0. The summed E-state index contributed by atoms with van der Waals surface area (Å²) in [6, 6.07) is 12.1. The molecule has 0 radical (unpaired) electrons. The minimum atomic E-state index is -3.88. The van der Waals surface area contributed by atoms with Crippen LogP contribution in [0.4, 0.5) is 5.69 Å². The number of rotatable bonds is 11. The Hall–Kier alpha value is -2.91. The molecule has 0 fully saturated rings. The Balaban J connectivity index is 2.41. The molecule has 1 atom stereocenters. The van der Waals surface area contributed by atoms with Crippen molar-refractivity contribution in [3.8, 4) is 0 Å². The number of halogens is 1. The van der Waals surface area contributed by atoms with Crippen molar-refractivity contribution in [1.29, 1.82) is 0 Å². The second-order valence-corrected chi connectivity index (χ2v) is 10.3. The van der Waals surface area contributed by atoms with Gasteiger partial charge in [-0.15, -0.1) is 0 Å². The largest absolute Gasteiger partial charge is 0.354 e. The lowest BCUT2D eigenvalue weighted by Gasteiger charge is -2.31. The van der Waals surface area contributed by atoms with Gasteiger partial charge in [-0.3, -0.25) is 18.7 Å². The van der Waals surface area contributed by atoms with E-state index in [9.17, 15) is 22.8 Å². The highest BCUT2D eigenvalue weighted by Crippen LogP contribution is 2.21. The van der Waals surface area contributed by atoms with Crippen molar-refractivity contribution in [3.63, 3.8) is 0 Å². The molecule has 0 aliphatic heterocycles. The number of amides is 2. The van der Waals surface area contributed by atoms with Gasteiger partial charge in [0.25, 0.3) is 0 Å². The molecule has 2 aromatic rings. The van der Waals surface area contributed by atoms with E-state index < -0.39 is 28.5 Å². The third-order valence-electron chi connectivity index (χ3n) is 5.18. The van der Waals surface area contributed by atoms with Crippen LogP contribution in [0.25, 0.3) is 0 Å². The van der Waals surface area contributed by atoms with Crippen LogP contribution in [-0.2, 0) is 26.2 Å². The van der Waals surface area contributed by atoms with Crippen molar-refractivity contribution in [2.24, 2.45) is 0 Å². The first-order valence-electron chi connectivity index (χ1n) is 10.8. The molecule has 0 aromatic heterocycles. The Bertz CT molecular complexity index is 1150. The van der Waals surface area contributed by atoms with Gasteiger partial charge in [-0.05, 0) is 50.1 Å². The molecule has 0 aliphatic rings.